The van der Waals surface area contributed by atoms with Gasteiger partial charge in [0.05, 0.1) is 4.92 Å². The van der Waals surface area contributed by atoms with Gasteiger partial charge >= 0.3 is 0 Å². The van der Waals surface area contributed by atoms with Gasteiger partial charge in [-0.3, -0.25) is 19.7 Å². The summed E-state index contributed by atoms with van der Waals surface area (Å²) < 4.78 is 0. The quantitative estimate of drug-likeness (QED) is 0.620. The zero-order valence-electron chi connectivity index (χ0n) is 15.9. The summed E-state index contributed by atoms with van der Waals surface area (Å²) in [4.78, 5) is 40.0. The Bertz CT molecular complexity index is 778. The maximum atomic E-state index is 12.8. The second-order valence-corrected chi connectivity index (χ2v) is 8.01. The third kappa shape index (κ3) is 3.95. The first kappa shape index (κ1) is 18.7. The molecule has 8 heteroatoms. The van der Waals surface area contributed by atoms with Crippen LogP contribution in [0.25, 0.3) is 0 Å². The smallest absolute Gasteiger partial charge is 0.293 e. The Kier molecular flexibility index (Phi) is 5.19. The number of likely N-dealkylation sites (tertiary alicyclic amines) is 2. The maximum Gasteiger partial charge on any atom is 0.293 e. The molecular weight excluding hydrogens is 360 g/mol. The molecule has 0 unspecified atom stereocenters. The summed E-state index contributed by atoms with van der Waals surface area (Å²) in [5.74, 6) is 0.00508. The van der Waals surface area contributed by atoms with Crippen LogP contribution < -0.4 is 5.32 Å². The Labute approximate surface area is 164 Å². The molecule has 0 radical (unpaired) electrons. The summed E-state index contributed by atoms with van der Waals surface area (Å²) in [6.45, 7) is 2.73. The molecule has 4 rings (SSSR count). The molecule has 0 bridgehead atoms. The van der Waals surface area contributed by atoms with E-state index in [0.29, 0.717) is 43.2 Å². The van der Waals surface area contributed by atoms with Gasteiger partial charge in [-0.2, -0.15) is 0 Å². The topological polar surface area (TPSA) is 95.8 Å². The molecule has 2 amide bonds. The largest absolute Gasteiger partial charge is 0.377 e. The number of amides is 2. The predicted octanol–water partition coefficient (Wildman–Crippen LogP) is 2.64. The van der Waals surface area contributed by atoms with Gasteiger partial charge in [-0.05, 0) is 50.7 Å². The SMILES string of the molecule is O=C(c1ccc(NC2CC2)c([N+](=O)[O-])c1)N1CCC(C(=O)N2CCCC2)CC1. The van der Waals surface area contributed by atoms with E-state index in [4.69, 9.17) is 0 Å². The molecule has 3 aliphatic rings. The number of nitrogens with zero attached hydrogens (tertiary/aromatic N) is 3. The molecule has 1 aromatic carbocycles. The minimum absolute atomic E-state index is 0.0124. The van der Waals surface area contributed by atoms with Crippen molar-refractivity contribution in [2.24, 2.45) is 5.92 Å². The predicted molar refractivity (Wildman–Crippen MR) is 104 cm³/mol. The van der Waals surface area contributed by atoms with Crippen LogP contribution in [0.4, 0.5) is 11.4 Å². The molecule has 2 heterocycles. The number of nitro benzene ring substituents is 1. The van der Waals surface area contributed by atoms with Crippen LogP contribution in [0.5, 0.6) is 0 Å². The summed E-state index contributed by atoms with van der Waals surface area (Å²) >= 11 is 0. The first-order chi connectivity index (χ1) is 13.5. The minimum Gasteiger partial charge on any atom is -0.377 e. The van der Waals surface area contributed by atoms with Crippen LogP contribution in [0.15, 0.2) is 18.2 Å². The van der Waals surface area contributed by atoms with E-state index in [1.807, 2.05) is 4.90 Å². The molecule has 0 spiro atoms. The van der Waals surface area contributed by atoms with Crippen molar-refractivity contribution in [2.75, 3.05) is 31.5 Å². The molecule has 1 N–H and O–H groups in total. The number of carbonyl (C=O) groups is 2. The van der Waals surface area contributed by atoms with Crippen molar-refractivity contribution in [3.63, 3.8) is 0 Å². The first-order valence-corrected chi connectivity index (χ1v) is 10.2. The van der Waals surface area contributed by atoms with Crippen LogP contribution in [-0.4, -0.2) is 58.8 Å². The number of hydrogen-bond acceptors (Lipinski definition) is 5. The highest BCUT2D eigenvalue weighted by Crippen LogP contribution is 2.32. The highest BCUT2D eigenvalue weighted by atomic mass is 16.6. The monoisotopic (exact) mass is 386 g/mol. The molecule has 28 heavy (non-hydrogen) atoms. The second-order valence-electron chi connectivity index (χ2n) is 8.01. The minimum atomic E-state index is -0.442. The van der Waals surface area contributed by atoms with Crippen molar-refractivity contribution in [1.82, 2.24) is 9.80 Å². The summed E-state index contributed by atoms with van der Waals surface area (Å²) in [6.07, 6.45) is 5.50. The van der Waals surface area contributed by atoms with Crippen molar-refractivity contribution in [3.8, 4) is 0 Å². The Balaban J connectivity index is 1.40. The zero-order valence-corrected chi connectivity index (χ0v) is 15.9. The van der Waals surface area contributed by atoms with Crippen molar-refractivity contribution in [2.45, 2.75) is 44.6 Å². The normalized spacial score (nSPS) is 20.3. The van der Waals surface area contributed by atoms with Crippen molar-refractivity contribution >= 4 is 23.2 Å². The molecule has 8 nitrogen and oxygen atoms in total. The molecule has 3 fully saturated rings. The molecule has 2 saturated heterocycles. The number of anilines is 1. The maximum absolute atomic E-state index is 12.8. The number of nitrogens with one attached hydrogen (secondary N) is 1. The van der Waals surface area contributed by atoms with E-state index >= 15 is 0 Å². The van der Waals surface area contributed by atoms with E-state index in [1.54, 1.807) is 17.0 Å². The van der Waals surface area contributed by atoms with Gasteiger partial charge in [0.1, 0.15) is 5.69 Å². The van der Waals surface area contributed by atoms with Crippen LogP contribution >= 0.6 is 0 Å². The average molecular weight is 386 g/mol. The lowest BCUT2D eigenvalue weighted by Gasteiger charge is -2.33. The van der Waals surface area contributed by atoms with Crippen molar-refractivity contribution in [3.05, 3.63) is 33.9 Å². The molecule has 1 saturated carbocycles. The number of piperidine rings is 1. The van der Waals surface area contributed by atoms with Gasteiger partial charge in [0, 0.05) is 49.8 Å². The fraction of sp³-hybridized carbons (Fsp3) is 0.600. The van der Waals surface area contributed by atoms with Crippen LogP contribution in [0.3, 0.4) is 0 Å². The number of carbonyl (C=O) groups excluding carboxylic acids is 2. The molecular formula is C20H26N4O4. The van der Waals surface area contributed by atoms with Crippen LogP contribution in [-0.2, 0) is 4.79 Å². The Hall–Kier alpha value is -2.64. The molecule has 0 aromatic heterocycles. The average Bonchev–Trinajstić information content (AvgIpc) is 3.36. The number of nitro groups is 1. The lowest BCUT2D eigenvalue weighted by Crippen LogP contribution is -2.43. The van der Waals surface area contributed by atoms with E-state index in [-0.39, 0.29) is 23.4 Å². The lowest BCUT2D eigenvalue weighted by molar-refractivity contribution is -0.384. The van der Waals surface area contributed by atoms with Gasteiger partial charge in [-0.1, -0.05) is 0 Å². The third-order valence-corrected chi connectivity index (χ3v) is 5.93. The van der Waals surface area contributed by atoms with Gasteiger partial charge in [-0.25, -0.2) is 0 Å². The fourth-order valence-electron chi connectivity index (χ4n) is 4.09. The van der Waals surface area contributed by atoms with E-state index < -0.39 is 4.92 Å². The lowest BCUT2D eigenvalue weighted by atomic mass is 9.95. The highest BCUT2D eigenvalue weighted by molar-refractivity contribution is 5.96. The molecule has 150 valence electrons. The van der Waals surface area contributed by atoms with Crippen molar-refractivity contribution in [1.29, 1.82) is 0 Å². The summed E-state index contributed by atoms with van der Waals surface area (Å²) in [5.41, 5.74) is 0.744. The summed E-state index contributed by atoms with van der Waals surface area (Å²) in [7, 11) is 0. The Morgan fingerprint density at radius 1 is 1.00 bits per heavy atom. The van der Waals surface area contributed by atoms with Crippen LogP contribution in [0, 0.1) is 16.0 Å². The highest BCUT2D eigenvalue weighted by Gasteiger charge is 2.32. The molecule has 1 aromatic rings. The molecule has 2 aliphatic heterocycles. The van der Waals surface area contributed by atoms with E-state index in [9.17, 15) is 19.7 Å². The van der Waals surface area contributed by atoms with Gasteiger partial charge in [0.15, 0.2) is 0 Å². The first-order valence-electron chi connectivity index (χ1n) is 10.2. The number of rotatable bonds is 5. The molecule has 1 aliphatic carbocycles. The standard InChI is InChI=1S/C20H26N4O4/c25-19(22-9-1-2-10-22)14-7-11-23(12-8-14)20(26)15-3-6-17(21-16-4-5-16)18(13-15)24(27)28/h3,6,13-14,16,21H,1-2,4-5,7-12H2. The van der Waals surface area contributed by atoms with Crippen LogP contribution in [0.1, 0.15) is 48.9 Å². The van der Waals surface area contributed by atoms with Gasteiger partial charge in [0.2, 0.25) is 5.91 Å². The second kappa shape index (κ2) is 7.77. The summed E-state index contributed by atoms with van der Waals surface area (Å²) in [6, 6.07) is 4.95. The van der Waals surface area contributed by atoms with E-state index in [1.165, 1.54) is 6.07 Å². The zero-order chi connectivity index (χ0) is 19.7. The number of benzene rings is 1. The van der Waals surface area contributed by atoms with Gasteiger partial charge in [-0.15, -0.1) is 0 Å². The fourth-order valence-corrected chi connectivity index (χ4v) is 4.09. The van der Waals surface area contributed by atoms with Crippen molar-refractivity contribution < 1.29 is 14.5 Å². The molecule has 0 atom stereocenters. The summed E-state index contributed by atoms with van der Waals surface area (Å²) in [5, 5.41) is 14.6. The van der Waals surface area contributed by atoms with E-state index in [2.05, 4.69) is 5.32 Å². The third-order valence-electron chi connectivity index (χ3n) is 5.93. The van der Waals surface area contributed by atoms with Gasteiger partial charge in [0.25, 0.3) is 11.6 Å². The Morgan fingerprint density at radius 2 is 1.68 bits per heavy atom. The van der Waals surface area contributed by atoms with Gasteiger partial charge < -0.3 is 15.1 Å². The number of hydrogen-bond donors (Lipinski definition) is 1. The van der Waals surface area contributed by atoms with Crippen LogP contribution in [0.2, 0.25) is 0 Å². The Morgan fingerprint density at radius 3 is 2.29 bits per heavy atom. The van der Waals surface area contributed by atoms with E-state index in [0.717, 1.165) is 38.8 Å².